The van der Waals surface area contributed by atoms with Crippen LogP contribution in [0, 0.1) is 25.2 Å². The summed E-state index contributed by atoms with van der Waals surface area (Å²) in [4.78, 5) is 12.1. The van der Waals surface area contributed by atoms with Crippen LogP contribution in [-0.4, -0.2) is 25.2 Å². The zero-order valence-electron chi connectivity index (χ0n) is 13.1. The second kappa shape index (κ2) is 5.60. The maximum absolute atomic E-state index is 12.1. The standard InChI is InChI=1S/C16H25NO3/c1-10-8-11(2)20-13(10)15(18)17-9-12-6-7-19-14(12)16(3,4)5/h8,12,14H,6-7,9H2,1-5H3,(H,17,18)/t12-,14+/m1/s1. The molecule has 1 amide bonds. The molecule has 1 saturated heterocycles. The van der Waals surface area contributed by atoms with Crippen molar-refractivity contribution in [1.82, 2.24) is 5.32 Å². The van der Waals surface area contributed by atoms with E-state index in [0.717, 1.165) is 24.4 Å². The molecule has 0 aromatic carbocycles. The molecule has 0 bridgehead atoms. The van der Waals surface area contributed by atoms with E-state index in [1.54, 1.807) is 0 Å². The lowest BCUT2D eigenvalue weighted by Gasteiger charge is -2.31. The van der Waals surface area contributed by atoms with Crippen molar-refractivity contribution in [1.29, 1.82) is 0 Å². The van der Waals surface area contributed by atoms with Crippen LogP contribution in [0.1, 0.15) is 49.1 Å². The van der Waals surface area contributed by atoms with Gasteiger partial charge in [-0.05, 0) is 31.7 Å². The number of carbonyl (C=O) groups is 1. The molecule has 2 heterocycles. The van der Waals surface area contributed by atoms with E-state index in [1.165, 1.54) is 0 Å². The van der Waals surface area contributed by atoms with Crippen LogP contribution in [0.3, 0.4) is 0 Å². The van der Waals surface area contributed by atoms with E-state index in [1.807, 2.05) is 19.9 Å². The molecule has 0 saturated carbocycles. The molecular formula is C16H25NO3. The summed E-state index contributed by atoms with van der Waals surface area (Å²) in [6, 6.07) is 1.88. The predicted octanol–water partition coefficient (Wildman–Crippen LogP) is 3.08. The van der Waals surface area contributed by atoms with Gasteiger partial charge in [-0.15, -0.1) is 0 Å². The SMILES string of the molecule is Cc1cc(C)c(C(=O)NC[C@H]2CCO[C@@H]2C(C)(C)C)o1. The topological polar surface area (TPSA) is 51.5 Å². The fraction of sp³-hybridized carbons (Fsp3) is 0.688. The second-order valence-corrected chi connectivity index (χ2v) is 6.79. The van der Waals surface area contributed by atoms with Gasteiger partial charge >= 0.3 is 0 Å². The number of nitrogens with one attached hydrogen (secondary N) is 1. The highest BCUT2D eigenvalue weighted by atomic mass is 16.5. The first-order valence-electron chi connectivity index (χ1n) is 7.26. The first kappa shape index (κ1) is 15.1. The average Bonchev–Trinajstić information content (AvgIpc) is 2.91. The van der Waals surface area contributed by atoms with E-state index in [-0.39, 0.29) is 17.4 Å². The molecule has 112 valence electrons. The number of amides is 1. The Hall–Kier alpha value is -1.29. The molecular weight excluding hydrogens is 254 g/mol. The summed E-state index contributed by atoms with van der Waals surface area (Å²) in [6.07, 6.45) is 1.19. The fourth-order valence-corrected chi connectivity index (χ4v) is 2.97. The van der Waals surface area contributed by atoms with Gasteiger partial charge in [0.2, 0.25) is 0 Å². The average molecular weight is 279 g/mol. The summed E-state index contributed by atoms with van der Waals surface area (Å²) in [7, 11) is 0. The van der Waals surface area contributed by atoms with Gasteiger partial charge in [0.1, 0.15) is 5.76 Å². The number of aryl methyl sites for hydroxylation is 2. The van der Waals surface area contributed by atoms with E-state index in [4.69, 9.17) is 9.15 Å². The molecule has 4 nitrogen and oxygen atoms in total. The molecule has 0 spiro atoms. The van der Waals surface area contributed by atoms with Crippen molar-refractivity contribution in [2.75, 3.05) is 13.2 Å². The highest BCUT2D eigenvalue weighted by Gasteiger charge is 2.37. The Balaban J connectivity index is 1.95. The number of ether oxygens (including phenoxy) is 1. The monoisotopic (exact) mass is 279 g/mol. The van der Waals surface area contributed by atoms with Gasteiger partial charge in [0.05, 0.1) is 6.10 Å². The molecule has 1 aromatic heterocycles. The first-order valence-corrected chi connectivity index (χ1v) is 7.26. The molecule has 1 fully saturated rings. The summed E-state index contributed by atoms with van der Waals surface area (Å²) in [5.74, 6) is 1.43. The Labute approximate surface area is 120 Å². The van der Waals surface area contributed by atoms with Crippen LogP contribution in [0.2, 0.25) is 0 Å². The molecule has 2 rings (SSSR count). The lowest BCUT2D eigenvalue weighted by atomic mass is 9.81. The van der Waals surface area contributed by atoms with Crippen molar-refractivity contribution in [2.45, 2.75) is 47.1 Å². The van der Waals surface area contributed by atoms with Gasteiger partial charge in [0, 0.05) is 24.6 Å². The van der Waals surface area contributed by atoms with Gasteiger partial charge in [-0.25, -0.2) is 0 Å². The molecule has 0 unspecified atom stereocenters. The Morgan fingerprint density at radius 3 is 2.65 bits per heavy atom. The van der Waals surface area contributed by atoms with Crippen molar-refractivity contribution in [3.8, 4) is 0 Å². The van der Waals surface area contributed by atoms with Crippen LogP contribution in [-0.2, 0) is 4.74 Å². The Bertz CT molecular complexity index is 484. The van der Waals surface area contributed by atoms with E-state index in [9.17, 15) is 4.79 Å². The minimum Gasteiger partial charge on any atom is -0.456 e. The summed E-state index contributed by atoms with van der Waals surface area (Å²) in [5, 5.41) is 2.98. The van der Waals surface area contributed by atoms with Gasteiger partial charge in [-0.3, -0.25) is 4.79 Å². The number of hydrogen-bond acceptors (Lipinski definition) is 3. The highest BCUT2D eigenvalue weighted by Crippen LogP contribution is 2.34. The molecule has 1 N–H and O–H groups in total. The summed E-state index contributed by atoms with van der Waals surface area (Å²) < 4.78 is 11.3. The van der Waals surface area contributed by atoms with Crippen LogP contribution >= 0.6 is 0 Å². The molecule has 1 aliphatic rings. The Morgan fingerprint density at radius 2 is 2.10 bits per heavy atom. The van der Waals surface area contributed by atoms with E-state index >= 15 is 0 Å². The van der Waals surface area contributed by atoms with Crippen molar-refractivity contribution in [3.05, 3.63) is 23.2 Å². The van der Waals surface area contributed by atoms with Gasteiger partial charge in [-0.2, -0.15) is 0 Å². The van der Waals surface area contributed by atoms with Crippen LogP contribution in [0.15, 0.2) is 10.5 Å². The van der Waals surface area contributed by atoms with Gasteiger partial charge in [-0.1, -0.05) is 20.8 Å². The lowest BCUT2D eigenvalue weighted by Crippen LogP contribution is -2.38. The van der Waals surface area contributed by atoms with Crippen molar-refractivity contribution >= 4 is 5.91 Å². The third kappa shape index (κ3) is 3.23. The van der Waals surface area contributed by atoms with Gasteiger partial charge in [0.15, 0.2) is 5.76 Å². The van der Waals surface area contributed by atoms with Gasteiger partial charge < -0.3 is 14.5 Å². The Morgan fingerprint density at radius 1 is 1.40 bits per heavy atom. The van der Waals surface area contributed by atoms with E-state index in [0.29, 0.717) is 18.2 Å². The molecule has 4 heteroatoms. The van der Waals surface area contributed by atoms with Crippen LogP contribution in [0.25, 0.3) is 0 Å². The summed E-state index contributed by atoms with van der Waals surface area (Å²) in [6.45, 7) is 11.7. The van der Waals surface area contributed by atoms with Crippen LogP contribution < -0.4 is 5.32 Å². The van der Waals surface area contributed by atoms with Crippen molar-refractivity contribution in [2.24, 2.45) is 11.3 Å². The lowest BCUT2D eigenvalue weighted by molar-refractivity contribution is 0.00731. The second-order valence-electron chi connectivity index (χ2n) is 6.79. The maximum Gasteiger partial charge on any atom is 0.287 e. The zero-order chi connectivity index (χ0) is 14.9. The van der Waals surface area contributed by atoms with Crippen LogP contribution in [0.5, 0.6) is 0 Å². The van der Waals surface area contributed by atoms with Gasteiger partial charge in [0.25, 0.3) is 5.91 Å². The normalized spacial score (nSPS) is 23.1. The van der Waals surface area contributed by atoms with Crippen LogP contribution in [0.4, 0.5) is 0 Å². The number of hydrogen-bond donors (Lipinski definition) is 1. The summed E-state index contributed by atoms with van der Waals surface area (Å²) >= 11 is 0. The smallest absolute Gasteiger partial charge is 0.287 e. The molecule has 1 aliphatic heterocycles. The molecule has 0 aliphatic carbocycles. The minimum absolute atomic E-state index is 0.100. The quantitative estimate of drug-likeness (QED) is 0.925. The predicted molar refractivity (Wildman–Crippen MR) is 77.8 cm³/mol. The third-order valence-electron chi connectivity index (χ3n) is 3.84. The largest absolute Gasteiger partial charge is 0.456 e. The molecule has 1 aromatic rings. The van der Waals surface area contributed by atoms with Crippen molar-refractivity contribution < 1.29 is 13.9 Å². The Kier molecular flexibility index (Phi) is 4.23. The molecule has 20 heavy (non-hydrogen) atoms. The zero-order valence-corrected chi connectivity index (χ0v) is 13.1. The summed E-state index contributed by atoms with van der Waals surface area (Å²) in [5.41, 5.74) is 0.985. The number of furan rings is 1. The third-order valence-corrected chi connectivity index (χ3v) is 3.84. The van der Waals surface area contributed by atoms with E-state index in [2.05, 4.69) is 26.1 Å². The van der Waals surface area contributed by atoms with E-state index < -0.39 is 0 Å². The fourth-order valence-electron chi connectivity index (χ4n) is 2.97. The molecule has 2 atom stereocenters. The van der Waals surface area contributed by atoms with Crippen molar-refractivity contribution in [3.63, 3.8) is 0 Å². The maximum atomic E-state index is 12.1. The number of carbonyl (C=O) groups excluding carboxylic acids is 1. The molecule has 0 radical (unpaired) electrons. The highest BCUT2D eigenvalue weighted by molar-refractivity contribution is 5.92. The minimum atomic E-state index is -0.129. The number of rotatable bonds is 3. The first-order chi connectivity index (χ1) is 9.29.